The number of carbonyl (C=O) groups excluding carboxylic acids is 2. The summed E-state index contributed by atoms with van der Waals surface area (Å²) in [5, 5.41) is 2.82. The molecule has 1 aliphatic carbocycles. The van der Waals surface area contributed by atoms with Crippen molar-refractivity contribution in [1.82, 2.24) is 5.32 Å². The van der Waals surface area contributed by atoms with Crippen molar-refractivity contribution in [2.24, 2.45) is 0 Å². The van der Waals surface area contributed by atoms with E-state index in [0.29, 0.717) is 0 Å². The minimum atomic E-state index is -0.824. The SMILES string of the molecule is C[C@H]([Se]c1ccccc1)[C@H](NC(=O)OCC1c2ccccc2-c2ccccc21)C(=O)OCc1ccccc1. The van der Waals surface area contributed by atoms with Crippen molar-refractivity contribution in [1.29, 1.82) is 0 Å². The van der Waals surface area contributed by atoms with E-state index in [1.165, 1.54) is 11.1 Å². The Labute approximate surface area is 229 Å². The molecule has 192 valence electrons. The molecule has 0 saturated heterocycles. The fourth-order valence-electron chi connectivity index (χ4n) is 4.74. The van der Waals surface area contributed by atoms with E-state index >= 15 is 0 Å². The topological polar surface area (TPSA) is 64.6 Å². The van der Waals surface area contributed by atoms with Crippen LogP contribution >= 0.6 is 0 Å². The van der Waals surface area contributed by atoms with Crippen LogP contribution in [0.15, 0.2) is 109 Å². The van der Waals surface area contributed by atoms with E-state index < -0.39 is 18.1 Å². The van der Waals surface area contributed by atoms with E-state index in [1.807, 2.05) is 91.9 Å². The van der Waals surface area contributed by atoms with Crippen LogP contribution in [0, 0.1) is 0 Å². The number of nitrogens with one attached hydrogen (secondary N) is 1. The van der Waals surface area contributed by atoms with Gasteiger partial charge in [0.1, 0.15) is 0 Å². The predicted molar refractivity (Wildman–Crippen MR) is 149 cm³/mol. The quantitative estimate of drug-likeness (QED) is 0.214. The van der Waals surface area contributed by atoms with Crippen molar-refractivity contribution in [2.45, 2.75) is 30.3 Å². The van der Waals surface area contributed by atoms with Crippen molar-refractivity contribution in [2.75, 3.05) is 6.61 Å². The summed E-state index contributed by atoms with van der Waals surface area (Å²) < 4.78 is 12.5. The first kappa shape index (κ1) is 25.8. The number of fused-ring (bicyclic) bond motifs is 3. The van der Waals surface area contributed by atoms with Crippen LogP contribution in [0.3, 0.4) is 0 Å². The number of amides is 1. The average Bonchev–Trinajstić information content (AvgIpc) is 3.28. The Bertz CT molecular complexity index is 1350. The molecule has 0 saturated carbocycles. The van der Waals surface area contributed by atoms with Crippen LogP contribution < -0.4 is 9.78 Å². The third-order valence-corrected chi connectivity index (χ3v) is 9.12. The van der Waals surface area contributed by atoms with Crippen molar-refractivity contribution >= 4 is 31.5 Å². The van der Waals surface area contributed by atoms with Crippen molar-refractivity contribution in [3.8, 4) is 11.1 Å². The average molecular weight is 571 g/mol. The number of rotatable bonds is 9. The van der Waals surface area contributed by atoms with E-state index in [4.69, 9.17) is 9.47 Å². The standard InChI is InChI=1S/C32H29NO4Se/c1-22(38-24-14-6-3-7-15-24)30(31(34)36-20-23-12-4-2-5-13-23)33-32(35)37-21-29-27-18-10-8-16-25(27)26-17-9-11-19-28(26)29/h2-19,22,29-30H,20-21H2,1H3,(H,33,35)/t22-,30-/m0/s1. The van der Waals surface area contributed by atoms with Gasteiger partial charge in [-0.2, -0.15) is 0 Å². The molecular formula is C32H29NO4Se. The van der Waals surface area contributed by atoms with Crippen LogP contribution in [0.4, 0.5) is 4.79 Å². The van der Waals surface area contributed by atoms with Gasteiger partial charge in [0.15, 0.2) is 0 Å². The second kappa shape index (κ2) is 12.1. The van der Waals surface area contributed by atoms with Crippen LogP contribution in [0.5, 0.6) is 0 Å². The van der Waals surface area contributed by atoms with Crippen LogP contribution in [0.2, 0.25) is 4.82 Å². The fraction of sp³-hybridized carbons (Fsp3) is 0.188. The Morgan fingerprint density at radius 1 is 0.763 bits per heavy atom. The maximum atomic E-state index is 13.2. The maximum absolute atomic E-state index is 13.2. The molecule has 0 bridgehead atoms. The number of carbonyl (C=O) groups is 2. The first-order valence-electron chi connectivity index (χ1n) is 12.6. The van der Waals surface area contributed by atoms with Gasteiger partial charge in [-0.1, -0.05) is 0 Å². The Morgan fingerprint density at radius 2 is 1.32 bits per heavy atom. The van der Waals surface area contributed by atoms with Crippen LogP contribution in [0.1, 0.15) is 29.5 Å². The third-order valence-electron chi connectivity index (χ3n) is 6.63. The van der Waals surface area contributed by atoms with E-state index in [1.54, 1.807) is 0 Å². The number of benzene rings is 4. The van der Waals surface area contributed by atoms with E-state index in [0.717, 1.165) is 21.2 Å². The number of alkyl carbamates (subject to hydrolysis) is 1. The summed E-state index contributed by atoms with van der Waals surface area (Å²) in [6, 6.07) is 35.1. The number of hydrogen-bond acceptors (Lipinski definition) is 4. The second-order valence-electron chi connectivity index (χ2n) is 9.18. The number of hydrogen-bond donors (Lipinski definition) is 1. The molecule has 0 aromatic heterocycles. The number of ether oxygens (including phenoxy) is 2. The molecular weight excluding hydrogens is 541 g/mol. The Morgan fingerprint density at radius 3 is 1.95 bits per heavy atom. The summed E-state index contributed by atoms with van der Waals surface area (Å²) in [6.45, 7) is 2.29. The Balaban J connectivity index is 1.27. The minimum absolute atomic E-state index is 0.0532. The van der Waals surface area contributed by atoms with E-state index in [2.05, 4.69) is 29.6 Å². The molecule has 1 amide bonds. The predicted octanol–water partition coefficient (Wildman–Crippen LogP) is 5.48. The third kappa shape index (κ3) is 5.99. The Hall–Kier alpha value is -3.86. The van der Waals surface area contributed by atoms with Crippen molar-refractivity contribution < 1.29 is 19.1 Å². The zero-order valence-electron chi connectivity index (χ0n) is 21.1. The second-order valence-corrected chi connectivity index (χ2v) is 12.2. The summed E-state index contributed by atoms with van der Waals surface area (Å²) in [7, 11) is 0. The van der Waals surface area contributed by atoms with Gasteiger partial charge < -0.3 is 0 Å². The Kier molecular flexibility index (Phi) is 8.22. The first-order chi connectivity index (χ1) is 18.6. The van der Waals surface area contributed by atoms with E-state index in [-0.39, 0.29) is 38.9 Å². The molecule has 0 unspecified atom stereocenters. The van der Waals surface area contributed by atoms with Crippen molar-refractivity contribution in [3.05, 3.63) is 126 Å². The molecule has 5 nitrogen and oxygen atoms in total. The summed E-state index contributed by atoms with van der Waals surface area (Å²) >= 11 is -0.0612. The van der Waals surface area contributed by atoms with Gasteiger partial charge in [-0.25, -0.2) is 0 Å². The summed E-state index contributed by atoms with van der Waals surface area (Å²) in [5.74, 6) is -0.518. The van der Waals surface area contributed by atoms with Gasteiger partial charge in [0.2, 0.25) is 0 Å². The molecule has 6 heteroatoms. The molecule has 38 heavy (non-hydrogen) atoms. The fourth-order valence-corrected chi connectivity index (χ4v) is 6.96. The molecule has 1 aliphatic rings. The van der Waals surface area contributed by atoms with Crippen molar-refractivity contribution in [3.63, 3.8) is 0 Å². The van der Waals surface area contributed by atoms with E-state index in [9.17, 15) is 9.59 Å². The van der Waals surface area contributed by atoms with Gasteiger partial charge >= 0.3 is 230 Å². The molecule has 0 spiro atoms. The zero-order chi connectivity index (χ0) is 26.3. The van der Waals surface area contributed by atoms with Gasteiger partial charge in [0.25, 0.3) is 0 Å². The van der Waals surface area contributed by atoms with Gasteiger partial charge in [0, 0.05) is 0 Å². The molecule has 0 fully saturated rings. The molecule has 4 aromatic carbocycles. The van der Waals surface area contributed by atoms with Gasteiger partial charge in [-0.3, -0.25) is 0 Å². The van der Waals surface area contributed by atoms with Crippen LogP contribution in [0.25, 0.3) is 11.1 Å². The van der Waals surface area contributed by atoms with Gasteiger partial charge in [-0.05, 0) is 0 Å². The molecule has 1 N–H and O–H groups in total. The zero-order valence-corrected chi connectivity index (χ0v) is 22.8. The van der Waals surface area contributed by atoms with Crippen LogP contribution in [-0.4, -0.2) is 39.7 Å². The number of esters is 1. The molecule has 0 heterocycles. The first-order valence-corrected chi connectivity index (χ1v) is 14.5. The molecule has 0 radical (unpaired) electrons. The monoisotopic (exact) mass is 571 g/mol. The molecule has 4 aromatic rings. The van der Waals surface area contributed by atoms with Crippen LogP contribution in [-0.2, 0) is 20.9 Å². The summed E-state index contributed by atoms with van der Waals surface area (Å²) in [6.07, 6.45) is -0.621. The van der Waals surface area contributed by atoms with Gasteiger partial charge in [0.05, 0.1) is 0 Å². The summed E-state index contributed by atoms with van der Waals surface area (Å²) in [5.41, 5.74) is 5.50. The molecule has 5 rings (SSSR count). The molecule has 0 aliphatic heterocycles. The normalized spacial score (nSPS) is 13.6. The molecule has 2 atom stereocenters. The van der Waals surface area contributed by atoms with Gasteiger partial charge in [-0.15, -0.1) is 0 Å². The summed E-state index contributed by atoms with van der Waals surface area (Å²) in [4.78, 5) is 26.1.